The summed E-state index contributed by atoms with van der Waals surface area (Å²) in [6, 6.07) is 7.40. The van der Waals surface area contributed by atoms with Crippen molar-refractivity contribution in [2.75, 3.05) is 6.61 Å². The molecule has 0 bridgehead atoms. The summed E-state index contributed by atoms with van der Waals surface area (Å²) in [5, 5.41) is 16.0. The second kappa shape index (κ2) is 6.25. The molecule has 0 amide bonds. The number of nitrogens with two attached hydrogens (primary N) is 1. The maximum Gasteiger partial charge on any atom is 0.339 e. The number of primary sulfonamides is 1. The molecule has 8 heteroatoms. The first-order chi connectivity index (χ1) is 9.88. The van der Waals surface area contributed by atoms with Crippen molar-refractivity contribution in [1.29, 1.82) is 0 Å². The van der Waals surface area contributed by atoms with Gasteiger partial charge in [-0.3, -0.25) is 0 Å². The highest BCUT2D eigenvalue weighted by Crippen LogP contribution is 2.22. The summed E-state index contributed by atoms with van der Waals surface area (Å²) in [4.78, 5) is 12.0. The minimum Gasteiger partial charge on any atom is -0.492 e. The molecule has 6 nitrogen and oxygen atoms in total. The molecule has 0 saturated heterocycles. The third kappa shape index (κ3) is 4.03. The van der Waals surface area contributed by atoms with Gasteiger partial charge < -0.3 is 9.84 Å². The summed E-state index contributed by atoms with van der Waals surface area (Å²) in [5.41, 5.74) is -0.229. The third-order valence-electron chi connectivity index (χ3n) is 2.70. The largest absolute Gasteiger partial charge is 0.492 e. The number of carboxylic acid groups (broad SMARTS) is 1. The van der Waals surface area contributed by atoms with Gasteiger partial charge in [0.2, 0.25) is 10.0 Å². The first-order valence-electron chi connectivity index (χ1n) is 5.93. The molecule has 0 atom stereocenters. The van der Waals surface area contributed by atoms with Gasteiger partial charge in [0, 0.05) is 11.3 Å². The molecule has 1 aromatic carbocycles. The van der Waals surface area contributed by atoms with E-state index in [1.165, 1.54) is 12.1 Å². The van der Waals surface area contributed by atoms with E-state index in [1.807, 2.05) is 17.5 Å². The van der Waals surface area contributed by atoms with Gasteiger partial charge in [-0.25, -0.2) is 18.4 Å². The molecule has 0 aliphatic rings. The topological polar surface area (TPSA) is 107 Å². The molecule has 2 aromatic rings. The Balaban J connectivity index is 2.17. The van der Waals surface area contributed by atoms with Gasteiger partial charge in [-0.15, -0.1) is 11.3 Å². The average molecular weight is 327 g/mol. The molecule has 0 fully saturated rings. The summed E-state index contributed by atoms with van der Waals surface area (Å²) < 4.78 is 27.9. The molecule has 0 radical (unpaired) electrons. The Kier molecular flexibility index (Phi) is 4.61. The van der Waals surface area contributed by atoms with E-state index >= 15 is 0 Å². The Labute approximate surface area is 125 Å². The Morgan fingerprint density at radius 3 is 2.67 bits per heavy atom. The Morgan fingerprint density at radius 1 is 1.33 bits per heavy atom. The van der Waals surface area contributed by atoms with Gasteiger partial charge in [0.1, 0.15) is 11.3 Å². The minimum absolute atomic E-state index is 0.117. The number of benzene rings is 1. The van der Waals surface area contributed by atoms with Crippen LogP contribution in [0.3, 0.4) is 0 Å². The summed E-state index contributed by atoms with van der Waals surface area (Å²) in [6.45, 7) is 0.301. The van der Waals surface area contributed by atoms with E-state index in [0.717, 1.165) is 10.9 Å². The van der Waals surface area contributed by atoms with Gasteiger partial charge in [-0.1, -0.05) is 6.07 Å². The summed E-state index contributed by atoms with van der Waals surface area (Å²) in [7, 11) is -3.95. The van der Waals surface area contributed by atoms with Crippen LogP contribution >= 0.6 is 11.3 Å². The van der Waals surface area contributed by atoms with Crippen molar-refractivity contribution in [3.05, 3.63) is 46.2 Å². The molecule has 0 spiro atoms. The number of carbonyl (C=O) groups is 1. The predicted octanol–water partition coefficient (Wildman–Crippen LogP) is 1.72. The number of rotatable bonds is 6. The highest BCUT2D eigenvalue weighted by Gasteiger charge is 2.17. The van der Waals surface area contributed by atoms with E-state index in [1.54, 1.807) is 11.3 Å². The number of hydrogen-bond acceptors (Lipinski definition) is 5. The van der Waals surface area contributed by atoms with Crippen molar-refractivity contribution in [2.45, 2.75) is 11.3 Å². The number of ether oxygens (including phenoxy) is 1. The molecule has 21 heavy (non-hydrogen) atoms. The SMILES string of the molecule is NS(=O)(=O)c1ccc(OCCc2cccs2)c(C(=O)O)c1. The lowest BCUT2D eigenvalue weighted by Crippen LogP contribution is -2.14. The molecule has 112 valence electrons. The molecular weight excluding hydrogens is 314 g/mol. The van der Waals surface area contributed by atoms with Crippen LogP contribution < -0.4 is 9.88 Å². The van der Waals surface area contributed by atoms with Crippen LogP contribution in [-0.2, 0) is 16.4 Å². The fraction of sp³-hybridized carbons (Fsp3) is 0.154. The van der Waals surface area contributed by atoms with Crippen LogP contribution in [-0.4, -0.2) is 26.1 Å². The molecule has 0 saturated carbocycles. The van der Waals surface area contributed by atoms with Gasteiger partial charge in [-0.2, -0.15) is 0 Å². The Hall–Kier alpha value is -1.90. The molecule has 0 unspecified atom stereocenters. The predicted molar refractivity (Wildman–Crippen MR) is 78.3 cm³/mol. The molecule has 0 aliphatic heterocycles. The molecule has 3 N–H and O–H groups in total. The van der Waals surface area contributed by atoms with Crippen molar-refractivity contribution < 1.29 is 23.1 Å². The van der Waals surface area contributed by atoms with Crippen LogP contribution in [0.15, 0.2) is 40.6 Å². The number of carboxylic acids is 1. The summed E-state index contributed by atoms with van der Waals surface area (Å²) in [5.74, 6) is -1.15. The normalized spacial score (nSPS) is 11.3. The molecule has 2 rings (SSSR count). The Morgan fingerprint density at radius 2 is 2.10 bits per heavy atom. The van der Waals surface area contributed by atoms with Gasteiger partial charge in [-0.05, 0) is 29.6 Å². The summed E-state index contributed by atoms with van der Waals surface area (Å²) in [6.07, 6.45) is 0.646. The fourth-order valence-corrected chi connectivity index (χ4v) is 2.93. The second-order valence-electron chi connectivity index (χ2n) is 4.19. The van der Waals surface area contributed by atoms with Gasteiger partial charge in [0.25, 0.3) is 0 Å². The van der Waals surface area contributed by atoms with Crippen molar-refractivity contribution in [1.82, 2.24) is 0 Å². The third-order valence-corrected chi connectivity index (χ3v) is 4.54. The second-order valence-corrected chi connectivity index (χ2v) is 6.78. The zero-order valence-electron chi connectivity index (χ0n) is 10.9. The minimum atomic E-state index is -3.95. The fourth-order valence-electron chi connectivity index (χ4n) is 1.70. The van der Waals surface area contributed by atoms with Gasteiger partial charge in [0.15, 0.2) is 0 Å². The van der Waals surface area contributed by atoms with Gasteiger partial charge >= 0.3 is 5.97 Å². The number of thiophene rings is 1. The maximum atomic E-state index is 11.2. The monoisotopic (exact) mass is 327 g/mol. The quantitative estimate of drug-likeness (QED) is 0.840. The maximum absolute atomic E-state index is 11.2. The first-order valence-corrected chi connectivity index (χ1v) is 8.36. The zero-order chi connectivity index (χ0) is 15.5. The van der Waals surface area contributed by atoms with E-state index < -0.39 is 16.0 Å². The molecular formula is C13H13NO5S2. The van der Waals surface area contributed by atoms with Crippen molar-refractivity contribution >= 4 is 27.3 Å². The van der Waals surface area contributed by atoms with E-state index in [9.17, 15) is 13.2 Å². The standard InChI is InChI=1S/C13H13NO5S2/c14-21(17,18)10-3-4-12(11(8-10)13(15)16)19-6-5-9-2-1-7-20-9/h1-4,7-8H,5-6H2,(H,15,16)(H2,14,17,18). The highest BCUT2D eigenvalue weighted by atomic mass is 32.2. The van der Waals surface area contributed by atoms with Crippen LogP contribution in [0, 0.1) is 0 Å². The van der Waals surface area contributed by atoms with E-state index in [0.29, 0.717) is 13.0 Å². The first kappa shape index (κ1) is 15.5. The average Bonchev–Trinajstić information content (AvgIpc) is 2.90. The molecule has 1 aromatic heterocycles. The summed E-state index contributed by atoms with van der Waals surface area (Å²) >= 11 is 1.58. The molecule has 1 heterocycles. The Bertz CT molecular complexity index is 738. The van der Waals surface area contributed by atoms with Crippen LogP contribution in [0.5, 0.6) is 5.75 Å². The zero-order valence-corrected chi connectivity index (χ0v) is 12.5. The number of sulfonamides is 1. The molecule has 0 aliphatic carbocycles. The lowest BCUT2D eigenvalue weighted by Gasteiger charge is -2.09. The number of aromatic carboxylic acids is 1. The van der Waals surface area contributed by atoms with Crippen LogP contribution in [0.4, 0.5) is 0 Å². The highest BCUT2D eigenvalue weighted by molar-refractivity contribution is 7.89. The van der Waals surface area contributed by atoms with Crippen LogP contribution in [0.1, 0.15) is 15.2 Å². The van der Waals surface area contributed by atoms with Crippen molar-refractivity contribution in [2.24, 2.45) is 5.14 Å². The van der Waals surface area contributed by atoms with E-state index in [-0.39, 0.29) is 16.2 Å². The lowest BCUT2D eigenvalue weighted by atomic mass is 10.2. The lowest BCUT2D eigenvalue weighted by molar-refractivity contribution is 0.0692. The van der Waals surface area contributed by atoms with Gasteiger partial charge in [0.05, 0.1) is 11.5 Å². The van der Waals surface area contributed by atoms with Crippen LogP contribution in [0.25, 0.3) is 0 Å². The van der Waals surface area contributed by atoms with E-state index in [2.05, 4.69) is 0 Å². The smallest absolute Gasteiger partial charge is 0.339 e. The van der Waals surface area contributed by atoms with Crippen molar-refractivity contribution in [3.63, 3.8) is 0 Å². The van der Waals surface area contributed by atoms with Crippen molar-refractivity contribution in [3.8, 4) is 5.75 Å². The number of hydrogen-bond donors (Lipinski definition) is 2. The van der Waals surface area contributed by atoms with Crippen LogP contribution in [0.2, 0.25) is 0 Å². The van der Waals surface area contributed by atoms with E-state index in [4.69, 9.17) is 15.0 Å².